The minimum absolute atomic E-state index is 0.265. The van der Waals surface area contributed by atoms with E-state index in [9.17, 15) is 9.59 Å². The molecule has 0 aliphatic carbocycles. The summed E-state index contributed by atoms with van der Waals surface area (Å²) in [6.07, 6.45) is 5.11. The van der Waals surface area contributed by atoms with Gasteiger partial charge in [0.1, 0.15) is 0 Å². The zero-order valence-corrected chi connectivity index (χ0v) is 16.0. The largest absolute Gasteiger partial charge is 0.339 e. The summed E-state index contributed by atoms with van der Waals surface area (Å²) in [6.45, 7) is 4.96. The van der Waals surface area contributed by atoms with Crippen LogP contribution in [0.4, 0.5) is 0 Å². The van der Waals surface area contributed by atoms with Crippen molar-refractivity contribution >= 4 is 11.8 Å². The maximum absolute atomic E-state index is 13.0. The second-order valence-electron chi connectivity index (χ2n) is 8.90. The highest BCUT2D eigenvalue weighted by molar-refractivity contribution is 5.79. The Hall–Kier alpha value is -1.88. The van der Waals surface area contributed by atoms with Gasteiger partial charge in [-0.05, 0) is 48.6 Å². The fourth-order valence-electron chi connectivity index (χ4n) is 5.84. The second-order valence-corrected chi connectivity index (χ2v) is 8.90. The Balaban J connectivity index is 1.22. The summed E-state index contributed by atoms with van der Waals surface area (Å²) in [6, 6.07) is 8.90. The molecule has 144 valence electrons. The molecule has 3 fully saturated rings. The lowest BCUT2D eigenvalue weighted by Crippen LogP contribution is -2.61. The summed E-state index contributed by atoms with van der Waals surface area (Å²) in [5.41, 5.74) is 2.68. The van der Waals surface area contributed by atoms with Crippen LogP contribution >= 0.6 is 0 Å². The summed E-state index contributed by atoms with van der Waals surface area (Å²) < 4.78 is 0. The lowest BCUT2D eigenvalue weighted by Gasteiger charge is -2.52. The van der Waals surface area contributed by atoms with Gasteiger partial charge in [-0.15, -0.1) is 0 Å². The van der Waals surface area contributed by atoms with Crippen molar-refractivity contribution in [1.82, 2.24) is 14.7 Å². The van der Waals surface area contributed by atoms with Gasteiger partial charge in [-0.2, -0.15) is 0 Å². The topological polar surface area (TPSA) is 43.9 Å². The first-order valence-electron chi connectivity index (χ1n) is 10.5. The molecule has 0 aromatic heterocycles. The van der Waals surface area contributed by atoms with E-state index < -0.39 is 0 Å². The van der Waals surface area contributed by atoms with Crippen molar-refractivity contribution in [2.24, 2.45) is 11.8 Å². The first-order chi connectivity index (χ1) is 13.2. The number of fused-ring (bicyclic) bond motifs is 5. The molecule has 4 heterocycles. The van der Waals surface area contributed by atoms with E-state index in [1.807, 2.05) is 4.90 Å². The molecule has 2 amide bonds. The van der Waals surface area contributed by atoms with E-state index in [4.69, 9.17) is 0 Å². The molecule has 4 aliphatic heterocycles. The van der Waals surface area contributed by atoms with Crippen LogP contribution in [0.2, 0.25) is 0 Å². The molecule has 3 saturated heterocycles. The standard InChI is InChI=1S/C22H29N3O2/c26-21-7-3-6-20-19-10-16(12-25(20)21)11-23(13-19)15-22(27)24-9-8-17-4-1-2-5-18(17)14-24/h1-2,4-5,16,19-20H,3,6-15H2/t16-,19-,20-/m1/s1. The molecular weight excluding hydrogens is 338 g/mol. The molecule has 5 nitrogen and oxygen atoms in total. The maximum Gasteiger partial charge on any atom is 0.237 e. The van der Waals surface area contributed by atoms with Crippen molar-refractivity contribution in [3.63, 3.8) is 0 Å². The van der Waals surface area contributed by atoms with Crippen LogP contribution in [0, 0.1) is 11.8 Å². The van der Waals surface area contributed by atoms with Gasteiger partial charge in [-0.3, -0.25) is 14.5 Å². The number of benzene rings is 1. The van der Waals surface area contributed by atoms with Gasteiger partial charge in [-0.1, -0.05) is 24.3 Å². The molecule has 0 spiro atoms. The van der Waals surface area contributed by atoms with Gasteiger partial charge in [0, 0.05) is 45.2 Å². The lowest BCUT2D eigenvalue weighted by atomic mass is 9.76. The highest BCUT2D eigenvalue weighted by Gasteiger charge is 2.44. The summed E-state index contributed by atoms with van der Waals surface area (Å²) >= 11 is 0. The van der Waals surface area contributed by atoms with Crippen molar-refractivity contribution < 1.29 is 9.59 Å². The summed E-state index contributed by atoms with van der Waals surface area (Å²) in [5, 5.41) is 0. The van der Waals surface area contributed by atoms with Gasteiger partial charge in [0.25, 0.3) is 0 Å². The number of rotatable bonds is 2. The highest BCUT2D eigenvalue weighted by Crippen LogP contribution is 2.37. The molecule has 0 radical (unpaired) electrons. The molecule has 0 saturated carbocycles. The average molecular weight is 367 g/mol. The molecule has 3 atom stereocenters. The molecule has 4 aliphatic rings. The molecule has 5 rings (SSSR count). The monoisotopic (exact) mass is 367 g/mol. The number of hydrogen-bond acceptors (Lipinski definition) is 3. The molecule has 1 aromatic rings. The van der Waals surface area contributed by atoms with Crippen LogP contribution in [0.1, 0.15) is 36.8 Å². The third-order valence-electron chi connectivity index (χ3n) is 7.10. The van der Waals surface area contributed by atoms with Crippen LogP contribution in [0.25, 0.3) is 0 Å². The Morgan fingerprint density at radius 1 is 1.07 bits per heavy atom. The second kappa shape index (κ2) is 6.93. The predicted molar refractivity (Wildman–Crippen MR) is 103 cm³/mol. The van der Waals surface area contributed by atoms with Gasteiger partial charge < -0.3 is 9.80 Å². The molecule has 0 N–H and O–H groups in total. The molecular formula is C22H29N3O2. The van der Waals surface area contributed by atoms with Gasteiger partial charge >= 0.3 is 0 Å². The van der Waals surface area contributed by atoms with Crippen LogP contribution in [-0.4, -0.2) is 65.3 Å². The average Bonchev–Trinajstić information content (AvgIpc) is 2.68. The van der Waals surface area contributed by atoms with E-state index in [1.165, 1.54) is 17.5 Å². The first kappa shape index (κ1) is 17.2. The van der Waals surface area contributed by atoms with E-state index in [2.05, 4.69) is 34.1 Å². The van der Waals surface area contributed by atoms with Crippen molar-refractivity contribution in [3.05, 3.63) is 35.4 Å². The third kappa shape index (κ3) is 3.27. The van der Waals surface area contributed by atoms with E-state index in [0.717, 1.165) is 58.4 Å². The van der Waals surface area contributed by atoms with E-state index in [0.29, 0.717) is 30.3 Å². The minimum Gasteiger partial charge on any atom is -0.339 e. The van der Waals surface area contributed by atoms with Crippen molar-refractivity contribution in [2.75, 3.05) is 32.7 Å². The third-order valence-corrected chi connectivity index (χ3v) is 7.10. The Labute approximate surface area is 161 Å². The van der Waals surface area contributed by atoms with Gasteiger partial charge in [0.05, 0.1) is 6.54 Å². The van der Waals surface area contributed by atoms with Crippen LogP contribution in [0.15, 0.2) is 24.3 Å². The van der Waals surface area contributed by atoms with E-state index in [-0.39, 0.29) is 5.91 Å². The highest BCUT2D eigenvalue weighted by atomic mass is 16.2. The fourth-order valence-corrected chi connectivity index (χ4v) is 5.84. The number of piperidine rings is 3. The van der Waals surface area contributed by atoms with Crippen LogP contribution < -0.4 is 0 Å². The minimum atomic E-state index is 0.265. The Morgan fingerprint density at radius 3 is 2.81 bits per heavy atom. The fraction of sp³-hybridized carbons (Fsp3) is 0.636. The number of hydrogen-bond donors (Lipinski definition) is 0. The summed E-state index contributed by atoms with van der Waals surface area (Å²) in [7, 11) is 0. The first-order valence-corrected chi connectivity index (χ1v) is 10.5. The molecule has 2 bridgehead atoms. The Bertz CT molecular complexity index is 749. The van der Waals surface area contributed by atoms with Crippen molar-refractivity contribution in [3.8, 4) is 0 Å². The van der Waals surface area contributed by atoms with Gasteiger partial charge in [0.2, 0.25) is 11.8 Å². The number of carbonyl (C=O) groups excluding carboxylic acids is 2. The molecule has 5 heteroatoms. The number of likely N-dealkylation sites (tertiary alicyclic amines) is 1. The predicted octanol–water partition coefficient (Wildman–Crippen LogP) is 1.90. The van der Waals surface area contributed by atoms with Crippen molar-refractivity contribution in [1.29, 1.82) is 0 Å². The van der Waals surface area contributed by atoms with Crippen molar-refractivity contribution in [2.45, 2.75) is 44.7 Å². The summed E-state index contributed by atoms with van der Waals surface area (Å²) in [5.74, 6) is 1.71. The number of amides is 2. The molecule has 0 unspecified atom stereocenters. The van der Waals surface area contributed by atoms with Crippen LogP contribution in [0.3, 0.4) is 0 Å². The lowest BCUT2D eigenvalue weighted by molar-refractivity contribution is -0.147. The zero-order chi connectivity index (χ0) is 18.4. The van der Waals surface area contributed by atoms with Crippen LogP contribution in [0.5, 0.6) is 0 Å². The Morgan fingerprint density at radius 2 is 1.93 bits per heavy atom. The van der Waals surface area contributed by atoms with Gasteiger partial charge in [-0.25, -0.2) is 0 Å². The zero-order valence-electron chi connectivity index (χ0n) is 16.0. The SMILES string of the molecule is O=C(CN1C[C@H]2C[C@H](C1)[C@H]1CCCC(=O)N1C2)N1CCc2ccccc2C1. The van der Waals surface area contributed by atoms with E-state index >= 15 is 0 Å². The van der Waals surface area contributed by atoms with Gasteiger partial charge in [0.15, 0.2) is 0 Å². The quantitative estimate of drug-likeness (QED) is 0.802. The van der Waals surface area contributed by atoms with Crippen LogP contribution in [-0.2, 0) is 22.6 Å². The molecule has 1 aromatic carbocycles. The number of nitrogens with zero attached hydrogens (tertiary/aromatic N) is 3. The maximum atomic E-state index is 13.0. The van der Waals surface area contributed by atoms with E-state index in [1.54, 1.807) is 0 Å². The smallest absolute Gasteiger partial charge is 0.237 e. The normalized spacial score (nSPS) is 30.7. The Kier molecular flexibility index (Phi) is 4.43. The molecule has 27 heavy (non-hydrogen) atoms. The summed E-state index contributed by atoms with van der Waals surface area (Å²) in [4.78, 5) is 31.8. The number of carbonyl (C=O) groups is 2.